The smallest absolute Gasteiger partial charge is 0.407 e. The number of rotatable bonds is 4. The van der Waals surface area contributed by atoms with Crippen molar-refractivity contribution in [3.8, 4) is 11.1 Å². The Bertz CT molecular complexity index is 887. The molecule has 0 bridgehead atoms. The van der Waals surface area contributed by atoms with Crippen molar-refractivity contribution in [1.82, 2.24) is 20.1 Å². The van der Waals surface area contributed by atoms with Crippen LogP contribution >= 0.6 is 11.6 Å². The monoisotopic (exact) mass is 417 g/mol. The van der Waals surface area contributed by atoms with Crippen LogP contribution in [0.25, 0.3) is 11.1 Å². The van der Waals surface area contributed by atoms with E-state index >= 15 is 0 Å². The number of piperidine rings is 1. The van der Waals surface area contributed by atoms with Crippen LogP contribution in [0.3, 0.4) is 0 Å². The molecule has 3 heterocycles. The Labute approximate surface area is 176 Å². The first-order valence-electron chi connectivity index (χ1n) is 10.2. The topological polar surface area (TPSA) is 72.3 Å². The molecule has 0 unspecified atom stereocenters. The molecule has 7 nitrogen and oxygen atoms in total. The fourth-order valence-electron chi connectivity index (χ4n) is 3.71. The van der Waals surface area contributed by atoms with Crippen molar-refractivity contribution in [1.29, 1.82) is 0 Å². The van der Waals surface area contributed by atoms with E-state index in [1.54, 1.807) is 0 Å². The fourth-order valence-corrected chi connectivity index (χ4v) is 3.86. The van der Waals surface area contributed by atoms with Gasteiger partial charge in [-0.15, -0.1) is 0 Å². The highest BCUT2D eigenvalue weighted by molar-refractivity contribution is 6.29. The molecule has 1 atom stereocenters. The Hall–Kier alpha value is -2.28. The lowest BCUT2D eigenvalue weighted by Crippen LogP contribution is -2.49. The highest BCUT2D eigenvalue weighted by atomic mass is 35.5. The molecule has 1 N–H and O–H groups in total. The van der Waals surface area contributed by atoms with Crippen LogP contribution in [0.4, 0.5) is 10.5 Å². The molecule has 2 aromatic rings. The largest absolute Gasteiger partial charge is 0.444 e. The molecule has 1 aliphatic carbocycles. The van der Waals surface area contributed by atoms with Crippen molar-refractivity contribution in [3.63, 3.8) is 0 Å². The lowest BCUT2D eigenvalue weighted by molar-refractivity contribution is 0.0500. The van der Waals surface area contributed by atoms with Gasteiger partial charge in [-0.2, -0.15) is 5.10 Å². The van der Waals surface area contributed by atoms with E-state index in [2.05, 4.69) is 26.5 Å². The van der Waals surface area contributed by atoms with Crippen molar-refractivity contribution in [3.05, 3.63) is 29.8 Å². The Morgan fingerprint density at radius 3 is 2.79 bits per heavy atom. The van der Waals surface area contributed by atoms with Crippen molar-refractivity contribution in [2.24, 2.45) is 0 Å². The van der Waals surface area contributed by atoms with Gasteiger partial charge in [0.25, 0.3) is 0 Å². The Balaban J connectivity index is 1.52. The minimum atomic E-state index is -0.508. The third-order valence-electron chi connectivity index (χ3n) is 5.17. The molecule has 8 heteroatoms. The maximum Gasteiger partial charge on any atom is 0.407 e. The number of hydrogen-bond acceptors (Lipinski definition) is 5. The minimum absolute atomic E-state index is 0.0209. The number of amides is 1. The zero-order valence-corrected chi connectivity index (χ0v) is 17.9. The van der Waals surface area contributed by atoms with Crippen LogP contribution in [0.2, 0.25) is 5.15 Å². The molecule has 156 valence electrons. The third kappa shape index (κ3) is 5.01. The summed E-state index contributed by atoms with van der Waals surface area (Å²) in [5.74, 6) is 0. The number of carbonyl (C=O) groups excluding carboxylic acids is 1. The number of nitrogens with zero attached hydrogens (tertiary/aromatic N) is 4. The van der Waals surface area contributed by atoms with Crippen LogP contribution in [0.1, 0.15) is 52.5 Å². The molecule has 0 aromatic carbocycles. The second-order valence-corrected chi connectivity index (χ2v) is 9.28. The number of alkyl carbamates (subject to hydrolysis) is 1. The van der Waals surface area contributed by atoms with Gasteiger partial charge in [0.15, 0.2) is 0 Å². The van der Waals surface area contributed by atoms with Crippen molar-refractivity contribution in [2.75, 3.05) is 18.0 Å². The summed E-state index contributed by atoms with van der Waals surface area (Å²) in [5.41, 5.74) is 2.57. The molecule has 1 saturated carbocycles. The molecule has 1 amide bonds. The molecular weight excluding hydrogens is 390 g/mol. The summed E-state index contributed by atoms with van der Waals surface area (Å²) >= 11 is 6.23. The van der Waals surface area contributed by atoms with Gasteiger partial charge in [0, 0.05) is 48.3 Å². The number of hydrogen-bond donors (Lipinski definition) is 1. The third-order valence-corrected chi connectivity index (χ3v) is 5.37. The predicted molar refractivity (Wildman–Crippen MR) is 113 cm³/mol. The van der Waals surface area contributed by atoms with Crippen LogP contribution in [-0.2, 0) is 4.74 Å². The van der Waals surface area contributed by atoms with Crippen molar-refractivity contribution < 1.29 is 9.53 Å². The summed E-state index contributed by atoms with van der Waals surface area (Å²) in [7, 11) is 0. The number of carbonyl (C=O) groups is 1. The number of halogens is 1. The SMILES string of the molecule is CC(C)(C)OC(=O)N[C@H]1CCCN(c2cc(Cl)ncc2-c2cnn(C3CC3)c2)C1. The lowest BCUT2D eigenvalue weighted by Gasteiger charge is -2.36. The van der Waals surface area contributed by atoms with E-state index in [0.29, 0.717) is 17.7 Å². The quantitative estimate of drug-likeness (QED) is 0.745. The zero-order valence-electron chi connectivity index (χ0n) is 17.2. The van der Waals surface area contributed by atoms with Crippen molar-refractivity contribution in [2.45, 2.75) is 64.1 Å². The maximum atomic E-state index is 12.2. The summed E-state index contributed by atoms with van der Waals surface area (Å²) in [4.78, 5) is 18.8. The Morgan fingerprint density at radius 1 is 1.28 bits per heavy atom. The van der Waals surface area contributed by atoms with Crippen molar-refractivity contribution >= 4 is 23.4 Å². The summed E-state index contributed by atoms with van der Waals surface area (Å²) in [6.45, 7) is 7.20. The average molecular weight is 418 g/mol. The molecular formula is C21H28ClN5O2. The lowest BCUT2D eigenvalue weighted by atomic mass is 10.0. The van der Waals surface area contributed by atoms with E-state index < -0.39 is 5.60 Å². The number of nitrogens with one attached hydrogen (secondary N) is 1. The molecule has 2 aliphatic rings. The molecule has 1 saturated heterocycles. The Morgan fingerprint density at radius 2 is 2.07 bits per heavy atom. The fraction of sp³-hybridized carbons (Fsp3) is 0.571. The normalized spacial score (nSPS) is 19.9. The summed E-state index contributed by atoms with van der Waals surface area (Å²) in [5, 5.41) is 7.98. The second kappa shape index (κ2) is 7.86. The highest BCUT2D eigenvalue weighted by Gasteiger charge is 2.27. The molecule has 0 radical (unpaired) electrons. The number of ether oxygens (including phenoxy) is 1. The van der Waals surface area contributed by atoms with E-state index in [9.17, 15) is 4.79 Å². The van der Waals surface area contributed by atoms with Crippen LogP contribution in [0.15, 0.2) is 24.7 Å². The standard InChI is InChI=1S/C21H28ClN5O2/c1-21(2,3)29-20(28)25-15-5-4-8-26(13-15)18-9-19(22)23-11-17(18)14-10-24-27(12-14)16-6-7-16/h9-12,15-16H,4-8,13H2,1-3H3,(H,25,28)/t15-/m0/s1. The molecule has 2 fully saturated rings. The first-order valence-corrected chi connectivity index (χ1v) is 10.6. The first kappa shape index (κ1) is 20.0. The summed E-state index contributed by atoms with van der Waals surface area (Å²) < 4.78 is 7.45. The average Bonchev–Trinajstić information content (AvgIpc) is 3.38. The molecule has 29 heavy (non-hydrogen) atoms. The second-order valence-electron chi connectivity index (χ2n) is 8.90. The predicted octanol–water partition coefficient (Wildman–Crippen LogP) is 4.43. The maximum absolute atomic E-state index is 12.2. The highest BCUT2D eigenvalue weighted by Crippen LogP contribution is 2.37. The number of pyridine rings is 1. The van der Waals surface area contributed by atoms with Gasteiger partial charge >= 0.3 is 6.09 Å². The van der Waals surface area contributed by atoms with E-state index in [-0.39, 0.29) is 12.1 Å². The van der Waals surface area contributed by atoms with Crippen LogP contribution < -0.4 is 10.2 Å². The van der Waals surface area contributed by atoms with Crippen LogP contribution in [0.5, 0.6) is 0 Å². The Kier molecular flexibility index (Phi) is 5.42. The number of aromatic nitrogens is 3. The molecule has 2 aromatic heterocycles. The molecule has 4 rings (SSSR count). The van der Waals surface area contributed by atoms with Gasteiger partial charge in [-0.05, 0) is 52.5 Å². The van der Waals surface area contributed by atoms with Gasteiger partial charge in [-0.25, -0.2) is 9.78 Å². The molecule has 1 aliphatic heterocycles. The van der Waals surface area contributed by atoms with Crippen LogP contribution in [-0.4, -0.2) is 45.6 Å². The van der Waals surface area contributed by atoms with E-state index in [0.717, 1.165) is 36.2 Å². The van der Waals surface area contributed by atoms with Gasteiger partial charge < -0.3 is 15.0 Å². The van der Waals surface area contributed by atoms with Gasteiger partial charge in [0.1, 0.15) is 10.8 Å². The summed E-state index contributed by atoms with van der Waals surface area (Å²) in [6.07, 6.45) is 9.71. The zero-order chi connectivity index (χ0) is 20.6. The van der Waals surface area contributed by atoms with Gasteiger partial charge in [-0.1, -0.05) is 11.6 Å². The van der Waals surface area contributed by atoms with E-state index in [4.69, 9.17) is 16.3 Å². The number of anilines is 1. The minimum Gasteiger partial charge on any atom is -0.444 e. The summed E-state index contributed by atoms with van der Waals surface area (Å²) in [6, 6.07) is 2.46. The van der Waals surface area contributed by atoms with Gasteiger partial charge in [0.2, 0.25) is 0 Å². The first-order chi connectivity index (χ1) is 13.8. The van der Waals surface area contributed by atoms with Crippen LogP contribution in [0, 0.1) is 0 Å². The van der Waals surface area contributed by atoms with E-state index in [1.165, 1.54) is 12.8 Å². The van der Waals surface area contributed by atoms with Gasteiger partial charge in [-0.3, -0.25) is 4.68 Å². The molecule has 0 spiro atoms. The van der Waals surface area contributed by atoms with Gasteiger partial charge in [0.05, 0.1) is 12.2 Å². The van der Waals surface area contributed by atoms with E-state index in [1.807, 2.05) is 43.9 Å².